The Morgan fingerprint density at radius 3 is 2.28 bits per heavy atom. The molecule has 5 N–H and O–H groups in total. The number of rotatable bonds is 10. The summed E-state index contributed by atoms with van der Waals surface area (Å²) >= 11 is 5.97. The summed E-state index contributed by atoms with van der Waals surface area (Å²) in [5.41, 5.74) is 7.62. The lowest BCUT2D eigenvalue weighted by Crippen LogP contribution is -2.29. The van der Waals surface area contributed by atoms with Crippen molar-refractivity contribution in [2.24, 2.45) is 0 Å². The lowest BCUT2D eigenvalue weighted by Gasteiger charge is -2.24. The molecule has 194 valence electrons. The number of nitrogens with one attached hydrogen (secondary N) is 2. The first kappa shape index (κ1) is 27.2. The molecule has 3 aromatic rings. The molecule has 2 aromatic carbocycles. The molecule has 10 nitrogen and oxygen atoms in total. The molecule has 0 saturated heterocycles. The second kappa shape index (κ2) is 11.1. The first-order valence-electron chi connectivity index (χ1n) is 11.2. The Hall–Kier alpha value is -3.41. The van der Waals surface area contributed by atoms with Crippen LogP contribution in [0.2, 0.25) is 5.02 Å². The van der Waals surface area contributed by atoms with E-state index in [1.165, 1.54) is 18.5 Å². The van der Waals surface area contributed by atoms with Crippen LogP contribution in [0.3, 0.4) is 0 Å². The maximum absolute atomic E-state index is 14.0. The van der Waals surface area contributed by atoms with Crippen LogP contribution in [0.25, 0.3) is 0 Å². The van der Waals surface area contributed by atoms with E-state index in [4.69, 9.17) is 22.1 Å². The quantitative estimate of drug-likeness (QED) is 0.293. The number of likely N-dealkylation sites (N-methyl/N-ethyl adjacent to an activating group) is 2. The summed E-state index contributed by atoms with van der Waals surface area (Å²) < 4.78 is 19.6. The molecule has 0 radical (unpaired) electrons. The van der Waals surface area contributed by atoms with Gasteiger partial charge in [-0.1, -0.05) is 11.6 Å². The van der Waals surface area contributed by atoms with Crippen molar-refractivity contribution in [3.05, 3.63) is 47.0 Å². The Morgan fingerprint density at radius 2 is 1.69 bits per heavy atom. The molecule has 0 fully saturated rings. The Balaban J connectivity index is 1.87. The molecule has 1 aromatic heterocycles. The van der Waals surface area contributed by atoms with Crippen molar-refractivity contribution < 1.29 is 14.2 Å². The third kappa shape index (κ3) is 6.62. The van der Waals surface area contributed by atoms with Gasteiger partial charge in [-0.2, -0.15) is 4.98 Å². The number of halogens is 2. The average Bonchev–Trinajstić information content (AvgIpc) is 2.79. The van der Waals surface area contributed by atoms with Crippen molar-refractivity contribution in [2.45, 2.75) is 19.4 Å². The fourth-order valence-corrected chi connectivity index (χ4v) is 3.63. The van der Waals surface area contributed by atoms with Crippen LogP contribution in [-0.2, 0) is 5.60 Å². The van der Waals surface area contributed by atoms with Crippen LogP contribution in [0.15, 0.2) is 30.6 Å². The number of benzene rings is 2. The van der Waals surface area contributed by atoms with Crippen molar-refractivity contribution in [3.63, 3.8) is 0 Å². The standard InChI is InChI=1S/C24H32ClFN8O2/c1-24(2,35)14-9-16(26)15(25)10-18(14)30-22-28-13-29-23(32-22)31-19-11-17(27)20(12-21(19)36-6)34(5)8-7-33(3)4/h9-13,35H,7-8,27H2,1-6H3,(H2,28,29,30,31,32). The van der Waals surface area contributed by atoms with Crippen LogP contribution in [0.1, 0.15) is 19.4 Å². The third-order valence-corrected chi connectivity index (χ3v) is 5.72. The number of nitrogens with zero attached hydrogens (tertiary/aromatic N) is 5. The van der Waals surface area contributed by atoms with E-state index in [0.717, 1.165) is 18.8 Å². The van der Waals surface area contributed by atoms with Gasteiger partial charge in [-0.15, -0.1) is 0 Å². The fraction of sp³-hybridized carbons (Fsp3) is 0.375. The molecule has 0 bridgehead atoms. The van der Waals surface area contributed by atoms with Gasteiger partial charge in [0.1, 0.15) is 17.9 Å². The minimum atomic E-state index is -1.34. The van der Waals surface area contributed by atoms with E-state index in [9.17, 15) is 9.50 Å². The van der Waals surface area contributed by atoms with Crippen LogP contribution in [0, 0.1) is 5.82 Å². The summed E-state index contributed by atoms with van der Waals surface area (Å²) in [4.78, 5) is 16.8. The third-order valence-electron chi connectivity index (χ3n) is 5.43. The number of nitrogens with two attached hydrogens (primary N) is 1. The number of nitrogen functional groups attached to an aromatic ring is 1. The van der Waals surface area contributed by atoms with Gasteiger partial charge in [0.2, 0.25) is 11.9 Å². The number of aromatic nitrogens is 3. The normalized spacial score (nSPS) is 11.5. The SMILES string of the molecule is COc1cc(N(C)CCN(C)C)c(N)cc1Nc1ncnc(Nc2cc(Cl)c(F)cc2C(C)(C)O)n1. The molecule has 0 aliphatic heterocycles. The van der Waals surface area contributed by atoms with Crippen LogP contribution < -0.4 is 26.0 Å². The summed E-state index contributed by atoms with van der Waals surface area (Å²) in [6.45, 7) is 4.74. The van der Waals surface area contributed by atoms with Gasteiger partial charge in [0, 0.05) is 37.5 Å². The van der Waals surface area contributed by atoms with Gasteiger partial charge < -0.3 is 36.0 Å². The summed E-state index contributed by atoms with van der Waals surface area (Å²) in [6.07, 6.45) is 1.31. The molecule has 1 heterocycles. The molecule has 3 rings (SSSR count). The topological polar surface area (TPSA) is 125 Å². The molecule has 0 aliphatic carbocycles. The van der Waals surface area contributed by atoms with Crippen LogP contribution >= 0.6 is 11.6 Å². The van der Waals surface area contributed by atoms with Crippen molar-refractivity contribution in [1.82, 2.24) is 19.9 Å². The van der Waals surface area contributed by atoms with Crippen molar-refractivity contribution >= 4 is 46.2 Å². The van der Waals surface area contributed by atoms with Gasteiger partial charge in [0.25, 0.3) is 0 Å². The number of anilines is 6. The van der Waals surface area contributed by atoms with Gasteiger partial charge in [-0.05, 0) is 46.1 Å². The summed E-state index contributed by atoms with van der Waals surface area (Å²) in [5.74, 6) is 0.294. The molecule has 0 amide bonds. The van der Waals surface area contributed by atoms with Crippen molar-refractivity contribution in [1.29, 1.82) is 0 Å². The predicted octanol–water partition coefficient (Wildman–Crippen LogP) is 3.97. The van der Waals surface area contributed by atoms with E-state index in [1.54, 1.807) is 27.0 Å². The van der Waals surface area contributed by atoms with Crippen molar-refractivity contribution in [2.75, 3.05) is 62.6 Å². The summed E-state index contributed by atoms with van der Waals surface area (Å²) in [7, 11) is 7.56. The number of hydrogen-bond acceptors (Lipinski definition) is 10. The maximum atomic E-state index is 14.0. The Morgan fingerprint density at radius 1 is 1.06 bits per heavy atom. The molecule has 0 atom stereocenters. The second-order valence-corrected chi connectivity index (χ2v) is 9.50. The van der Waals surface area contributed by atoms with Crippen LogP contribution in [-0.4, -0.2) is 66.3 Å². The zero-order valence-corrected chi connectivity index (χ0v) is 22.0. The number of ether oxygens (including phenoxy) is 1. The largest absolute Gasteiger partial charge is 0.494 e. The number of methoxy groups -OCH3 is 1. The Bertz CT molecular complexity index is 1220. The molecule has 0 aliphatic rings. The van der Waals surface area contributed by atoms with Crippen LogP contribution in [0.5, 0.6) is 5.75 Å². The van der Waals surface area contributed by atoms with E-state index in [1.807, 2.05) is 27.2 Å². The van der Waals surface area contributed by atoms with Gasteiger partial charge >= 0.3 is 0 Å². The smallest absolute Gasteiger partial charge is 0.232 e. The highest BCUT2D eigenvalue weighted by Gasteiger charge is 2.23. The summed E-state index contributed by atoms with van der Waals surface area (Å²) in [5, 5.41) is 16.5. The minimum absolute atomic E-state index is 0.103. The zero-order chi connectivity index (χ0) is 26.6. The van der Waals surface area contributed by atoms with Crippen molar-refractivity contribution in [3.8, 4) is 5.75 Å². The Kier molecular flexibility index (Phi) is 8.39. The molecular weight excluding hydrogens is 487 g/mol. The first-order valence-corrected chi connectivity index (χ1v) is 11.5. The monoisotopic (exact) mass is 518 g/mol. The van der Waals surface area contributed by atoms with E-state index in [2.05, 4.69) is 35.4 Å². The summed E-state index contributed by atoms with van der Waals surface area (Å²) in [6, 6.07) is 6.15. The van der Waals surface area contributed by atoms with Crippen LogP contribution in [0.4, 0.5) is 39.0 Å². The molecule has 12 heteroatoms. The molecule has 36 heavy (non-hydrogen) atoms. The molecular formula is C24H32ClFN8O2. The predicted molar refractivity (Wildman–Crippen MR) is 142 cm³/mol. The first-order chi connectivity index (χ1) is 16.9. The highest BCUT2D eigenvalue weighted by molar-refractivity contribution is 6.31. The fourth-order valence-electron chi connectivity index (χ4n) is 3.47. The average molecular weight is 519 g/mol. The second-order valence-electron chi connectivity index (χ2n) is 9.09. The number of hydrogen-bond donors (Lipinski definition) is 4. The minimum Gasteiger partial charge on any atom is -0.494 e. The van der Waals surface area contributed by atoms with Gasteiger partial charge in [0.15, 0.2) is 0 Å². The maximum Gasteiger partial charge on any atom is 0.232 e. The lowest BCUT2D eigenvalue weighted by molar-refractivity contribution is 0.0790. The Labute approximate surface area is 215 Å². The van der Waals surface area contributed by atoms with Gasteiger partial charge in [-0.25, -0.2) is 14.4 Å². The molecule has 0 spiro atoms. The lowest BCUT2D eigenvalue weighted by atomic mass is 9.96. The van der Waals surface area contributed by atoms with E-state index < -0.39 is 11.4 Å². The highest BCUT2D eigenvalue weighted by Crippen LogP contribution is 2.37. The number of aliphatic hydroxyl groups is 1. The van der Waals surface area contributed by atoms with E-state index in [0.29, 0.717) is 28.4 Å². The van der Waals surface area contributed by atoms with Gasteiger partial charge in [-0.3, -0.25) is 0 Å². The zero-order valence-electron chi connectivity index (χ0n) is 21.2. The van der Waals surface area contributed by atoms with E-state index >= 15 is 0 Å². The highest BCUT2D eigenvalue weighted by atomic mass is 35.5. The van der Waals surface area contributed by atoms with E-state index in [-0.39, 0.29) is 16.9 Å². The molecule has 0 unspecified atom stereocenters. The van der Waals surface area contributed by atoms with Gasteiger partial charge in [0.05, 0.1) is 34.8 Å². The molecule has 0 saturated carbocycles.